The first kappa shape index (κ1) is 17.1. The van der Waals surface area contributed by atoms with Crippen LogP contribution in [0.2, 0.25) is 0 Å². The van der Waals surface area contributed by atoms with Crippen LogP contribution in [-0.4, -0.2) is 61.5 Å². The molecule has 1 fully saturated rings. The van der Waals surface area contributed by atoms with Gasteiger partial charge in [0, 0.05) is 13.1 Å². The van der Waals surface area contributed by atoms with Gasteiger partial charge < -0.3 is 15.8 Å². The van der Waals surface area contributed by atoms with E-state index < -0.39 is 12.1 Å². The third-order valence-electron chi connectivity index (χ3n) is 3.88. The van der Waals surface area contributed by atoms with Gasteiger partial charge in [-0.05, 0) is 12.8 Å². The number of nitrogens with one attached hydrogen (secondary N) is 1. The van der Waals surface area contributed by atoms with Crippen molar-refractivity contribution in [2.45, 2.75) is 39.3 Å². The number of carbonyl (C=O) groups is 2. The minimum absolute atomic E-state index is 0.0107. The fourth-order valence-electron chi connectivity index (χ4n) is 2.02. The van der Waals surface area contributed by atoms with Crippen LogP contribution in [0.3, 0.4) is 0 Å². The molecular formula is C14H27N3O3. The number of morpholine rings is 1. The third kappa shape index (κ3) is 5.19. The highest BCUT2D eigenvalue weighted by atomic mass is 16.5. The van der Waals surface area contributed by atoms with Crippen LogP contribution in [0.25, 0.3) is 0 Å². The Balaban J connectivity index is 2.38. The highest BCUT2D eigenvalue weighted by molar-refractivity contribution is 5.91. The van der Waals surface area contributed by atoms with Gasteiger partial charge in [-0.3, -0.25) is 14.5 Å². The summed E-state index contributed by atoms with van der Waals surface area (Å²) in [7, 11) is 0. The summed E-state index contributed by atoms with van der Waals surface area (Å²) in [5, 5.41) is 2.71. The molecule has 0 aromatic rings. The summed E-state index contributed by atoms with van der Waals surface area (Å²) < 4.78 is 5.24. The molecule has 1 aliphatic rings. The van der Waals surface area contributed by atoms with Gasteiger partial charge in [-0.1, -0.05) is 20.3 Å². The Kier molecular flexibility index (Phi) is 7.12. The van der Waals surface area contributed by atoms with Crippen LogP contribution >= 0.6 is 0 Å². The first-order valence-electron chi connectivity index (χ1n) is 7.34. The molecule has 3 atom stereocenters. The van der Waals surface area contributed by atoms with E-state index in [1.807, 2.05) is 18.7 Å². The van der Waals surface area contributed by atoms with Crippen molar-refractivity contribution in [2.24, 2.45) is 11.7 Å². The van der Waals surface area contributed by atoms with Gasteiger partial charge in [0.15, 0.2) is 5.78 Å². The van der Waals surface area contributed by atoms with Crippen LogP contribution in [0.1, 0.15) is 27.2 Å². The number of hydrogen-bond acceptors (Lipinski definition) is 5. The van der Waals surface area contributed by atoms with E-state index in [1.165, 1.54) is 0 Å². The van der Waals surface area contributed by atoms with E-state index in [4.69, 9.17) is 10.5 Å². The average molecular weight is 285 g/mol. The van der Waals surface area contributed by atoms with E-state index in [2.05, 4.69) is 5.32 Å². The molecule has 0 spiro atoms. The van der Waals surface area contributed by atoms with Crippen LogP contribution in [-0.2, 0) is 14.3 Å². The Bertz CT molecular complexity index is 330. The van der Waals surface area contributed by atoms with E-state index in [0.717, 1.165) is 19.5 Å². The standard InChI is InChI=1S/C14H27N3O3/c1-4-10(2)13(15)14(19)16-11(3)12(18)9-17-5-7-20-8-6-17/h10-11,13H,4-9,15H2,1-3H3,(H,16,19). The number of nitrogens with two attached hydrogens (primary N) is 1. The third-order valence-corrected chi connectivity index (χ3v) is 3.88. The van der Waals surface area contributed by atoms with Crippen molar-refractivity contribution >= 4 is 11.7 Å². The zero-order valence-electron chi connectivity index (χ0n) is 12.7. The van der Waals surface area contributed by atoms with E-state index in [9.17, 15) is 9.59 Å². The maximum Gasteiger partial charge on any atom is 0.237 e. The molecule has 1 heterocycles. The molecule has 3 unspecified atom stereocenters. The lowest BCUT2D eigenvalue weighted by Gasteiger charge is -2.27. The van der Waals surface area contributed by atoms with Crippen LogP contribution < -0.4 is 11.1 Å². The summed E-state index contributed by atoms with van der Waals surface area (Å²) in [5.41, 5.74) is 5.85. The van der Waals surface area contributed by atoms with Gasteiger partial charge in [0.05, 0.1) is 31.8 Å². The van der Waals surface area contributed by atoms with E-state index in [-0.39, 0.29) is 17.6 Å². The van der Waals surface area contributed by atoms with Gasteiger partial charge >= 0.3 is 0 Å². The van der Waals surface area contributed by atoms with Gasteiger partial charge in [0.2, 0.25) is 5.91 Å². The van der Waals surface area contributed by atoms with Gasteiger partial charge in [0.25, 0.3) is 0 Å². The number of ether oxygens (including phenoxy) is 1. The summed E-state index contributed by atoms with van der Waals surface area (Å²) in [6.07, 6.45) is 0.838. The summed E-state index contributed by atoms with van der Waals surface area (Å²) >= 11 is 0. The molecular weight excluding hydrogens is 258 g/mol. The second-order valence-electron chi connectivity index (χ2n) is 5.50. The quantitative estimate of drug-likeness (QED) is 0.675. The van der Waals surface area contributed by atoms with Crippen LogP contribution in [0.15, 0.2) is 0 Å². The lowest BCUT2D eigenvalue weighted by molar-refractivity contribution is -0.129. The van der Waals surface area contributed by atoms with Crippen molar-refractivity contribution in [3.63, 3.8) is 0 Å². The molecule has 1 aliphatic heterocycles. The number of amides is 1. The van der Waals surface area contributed by atoms with Crippen molar-refractivity contribution in [1.82, 2.24) is 10.2 Å². The lowest BCUT2D eigenvalue weighted by atomic mass is 9.99. The predicted molar refractivity (Wildman–Crippen MR) is 77.3 cm³/mol. The van der Waals surface area contributed by atoms with Crippen LogP contribution in [0.5, 0.6) is 0 Å². The van der Waals surface area contributed by atoms with Crippen molar-refractivity contribution in [2.75, 3.05) is 32.8 Å². The average Bonchev–Trinajstić information content (AvgIpc) is 2.46. The highest BCUT2D eigenvalue weighted by Crippen LogP contribution is 2.06. The second kappa shape index (κ2) is 8.34. The number of rotatable bonds is 7. The molecule has 0 bridgehead atoms. The largest absolute Gasteiger partial charge is 0.379 e. The molecule has 0 radical (unpaired) electrons. The number of hydrogen-bond donors (Lipinski definition) is 2. The lowest BCUT2D eigenvalue weighted by Crippen LogP contribution is -2.51. The number of nitrogens with zero attached hydrogens (tertiary/aromatic N) is 1. The number of carbonyl (C=O) groups excluding carboxylic acids is 2. The molecule has 6 nitrogen and oxygen atoms in total. The SMILES string of the molecule is CCC(C)C(N)C(=O)NC(C)C(=O)CN1CCOCC1. The van der Waals surface area contributed by atoms with Gasteiger partial charge in [-0.25, -0.2) is 0 Å². The summed E-state index contributed by atoms with van der Waals surface area (Å²) in [6, 6.07) is -1.06. The summed E-state index contributed by atoms with van der Waals surface area (Å²) in [5.74, 6) is -0.129. The van der Waals surface area contributed by atoms with Gasteiger partial charge in [-0.2, -0.15) is 0 Å². The molecule has 0 aromatic heterocycles. The molecule has 1 rings (SSSR count). The Labute approximate surface area is 121 Å². The molecule has 20 heavy (non-hydrogen) atoms. The summed E-state index contributed by atoms with van der Waals surface area (Å²) in [6.45, 7) is 8.83. The smallest absolute Gasteiger partial charge is 0.237 e. The molecule has 3 N–H and O–H groups in total. The van der Waals surface area contributed by atoms with Gasteiger partial charge in [-0.15, -0.1) is 0 Å². The monoisotopic (exact) mass is 285 g/mol. The van der Waals surface area contributed by atoms with Crippen LogP contribution in [0, 0.1) is 5.92 Å². The molecule has 6 heteroatoms. The van der Waals surface area contributed by atoms with Crippen molar-refractivity contribution in [3.8, 4) is 0 Å². The van der Waals surface area contributed by atoms with E-state index in [0.29, 0.717) is 19.8 Å². The Morgan fingerprint density at radius 3 is 2.45 bits per heavy atom. The Hall–Kier alpha value is -0.980. The minimum atomic E-state index is -0.557. The molecule has 0 saturated carbocycles. The molecule has 116 valence electrons. The maximum atomic E-state index is 12.1. The number of Topliss-reactive ketones (excluding diaryl/α,β-unsaturated/α-hetero) is 1. The van der Waals surface area contributed by atoms with Crippen molar-refractivity contribution < 1.29 is 14.3 Å². The first-order chi connectivity index (χ1) is 9.45. The highest BCUT2D eigenvalue weighted by Gasteiger charge is 2.24. The summed E-state index contributed by atoms with van der Waals surface area (Å²) in [4.78, 5) is 26.0. The van der Waals surface area contributed by atoms with Crippen molar-refractivity contribution in [3.05, 3.63) is 0 Å². The number of ketones is 1. The topological polar surface area (TPSA) is 84.7 Å². The zero-order chi connectivity index (χ0) is 15.1. The maximum absolute atomic E-state index is 12.1. The van der Waals surface area contributed by atoms with Gasteiger partial charge in [0.1, 0.15) is 0 Å². The van der Waals surface area contributed by atoms with E-state index in [1.54, 1.807) is 6.92 Å². The molecule has 1 saturated heterocycles. The first-order valence-corrected chi connectivity index (χ1v) is 7.34. The zero-order valence-corrected chi connectivity index (χ0v) is 12.7. The molecule has 1 amide bonds. The fraction of sp³-hybridized carbons (Fsp3) is 0.857. The van der Waals surface area contributed by atoms with E-state index >= 15 is 0 Å². The predicted octanol–water partition coefficient (Wildman–Crippen LogP) is -0.234. The Morgan fingerprint density at radius 2 is 1.90 bits per heavy atom. The molecule has 0 aromatic carbocycles. The normalized spacial score (nSPS) is 21.0. The minimum Gasteiger partial charge on any atom is -0.379 e. The fourth-order valence-corrected chi connectivity index (χ4v) is 2.02. The van der Waals surface area contributed by atoms with Crippen LogP contribution in [0.4, 0.5) is 0 Å². The van der Waals surface area contributed by atoms with Crippen molar-refractivity contribution in [1.29, 1.82) is 0 Å². The Morgan fingerprint density at radius 1 is 1.30 bits per heavy atom. The molecule has 0 aliphatic carbocycles. The second-order valence-corrected chi connectivity index (χ2v) is 5.50.